The van der Waals surface area contributed by atoms with E-state index >= 15 is 0 Å². The van der Waals surface area contributed by atoms with Crippen LogP contribution >= 0.6 is 11.6 Å². The summed E-state index contributed by atoms with van der Waals surface area (Å²) in [5, 5.41) is 21.9. The predicted molar refractivity (Wildman–Crippen MR) is 132 cm³/mol. The van der Waals surface area contributed by atoms with E-state index in [4.69, 9.17) is 21.1 Å². The van der Waals surface area contributed by atoms with Gasteiger partial charge in [-0.15, -0.1) is 0 Å². The Balaban J connectivity index is 1.85. The van der Waals surface area contributed by atoms with Crippen LogP contribution in [-0.2, 0) is 11.4 Å². The molecule has 6 nitrogen and oxygen atoms in total. The summed E-state index contributed by atoms with van der Waals surface area (Å²) >= 11 is 6.44. The first-order valence-corrected chi connectivity index (χ1v) is 10.7. The van der Waals surface area contributed by atoms with Gasteiger partial charge in [0, 0.05) is 11.3 Å². The first-order chi connectivity index (χ1) is 16.4. The van der Waals surface area contributed by atoms with E-state index in [1.807, 2.05) is 44.2 Å². The standard InChI is InChI=1S/C27H22ClN3O3/c1-17-8-9-18(2)24(10-17)31-27(32)22(15-30)11-19-12-23(28)26(25(13-19)33-3)34-16-21-7-5-4-6-20(21)14-29/h4-13H,16H2,1-3H3,(H,31,32)/b22-11+. The number of hydrogen-bond donors (Lipinski definition) is 1. The molecule has 0 atom stereocenters. The number of hydrogen-bond acceptors (Lipinski definition) is 5. The third kappa shape index (κ3) is 5.75. The van der Waals surface area contributed by atoms with E-state index in [0.717, 1.165) is 11.1 Å². The van der Waals surface area contributed by atoms with Crippen molar-refractivity contribution in [2.75, 3.05) is 12.4 Å². The number of amides is 1. The zero-order chi connectivity index (χ0) is 24.7. The molecule has 0 aromatic heterocycles. The van der Waals surface area contributed by atoms with E-state index in [-0.39, 0.29) is 17.2 Å². The highest BCUT2D eigenvalue weighted by Gasteiger charge is 2.15. The van der Waals surface area contributed by atoms with Crippen LogP contribution in [0.3, 0.4) is 0 Å². The van der Waals surface area contributed by atoms with Crippen molar-refractivity contribution in [2.24, 2.45) is 0 Å². The minimum Gasteiger partial charge on any atom is -0.493 e. The van der Waals surface area contributed by atoms with Gasteiger partial charge in [-0.3, -0.25) is 4.79 Å². The molecule has 0 bridgehead atoms. The van der Waals surface area contributed by atoms with Crippen LogP contribution < -0.4 is 14.8 Å². The summed E-state index contributed by atoms with van der Waals surface area (Å²) in [6.07, 6.45) is 1.43. The van der Waals surface area contributed by atoms with Gasteiger partial charge in [-0.1, -0.05) is 41.9 Å². The van der Waals surface area contributed by atoms with Crippen molar-refractivity contribution in [3.63, 3.8) is 0 Å². The maximum absolute atomic E-state index is 12.7. The number of carbonyl (C=O) groups is 1. The van der Waals surface area contributed by atoms with E-state index in [1.54, 1.807) is 30.3 Å². The van der Waals surface area contributed by atoms with Crippen molar-refractivity contribution in [3.05, 3.63) is 93.0 Å². The molecular formula is C27H22ClN3O3. The summed E-state index contributed by atoms with van der Waals surface area (Å²) in [5.74, 6) is 0.104. The Kier molecular flexibility index (Phi) is 7.92. The number of carbonyl (C=O) groups excluding carboxylic acids is 1. The predicted octanol–water partition coefficient (Wildman–Crippen LogP) is 5.96. The summed E-state index contributed by atoms with van der Waals surface area (Å²) in [5.41, 5.74) is 4.15. The Labute approximate surface area is 203 Å². The third-order valence-corrected chi connectivity index (χ3v) is 5.36. The molecule has 0 heterocycles. The lowest BCUT2D eigenvalue weighted by Crippen LogP contribution is -2.14. The van der Waals surface area contributed by atoms with Crippen molar-refractivity contribution in [2.45, 2.75) is 20.5 Å². The number of halogens is 1. The number of aryl methyl sites for hydroxylation is 2. The van der Waals surface area contributed by atoms with Crippen molar-refractivity contribution in [3.8, 4) is 23.6 Å². The molecule has 0 spiro atoms. The van der Waals surface area contributed by atoms with E-state index in [9.17, 15) is 15.3 Å². The fourth-order valence-electron chi connectivity index (χ4n) is 3.24. The van der Waals surface area contributed by atoms with Crippen LogP contribution in [0.25, 0.3) is 6.08 Å². The van der Waals surface area contributed by atoms with Crippen molar-refractivity contribution < 1.29 is 14.3 Å². The molecule has 3 aromatic carbocycles. The molecule has 7 heteroatoms. The summed E-state index contributed by atoms with van der Waals surface area (Å²) in [7, 11) is 1.47. The highest BCUT2D eigenvalue weighted by atomic mass is 35.5. The average molecular weight is 472 g/mol. The van der Waals surface area contributed by atoms with Crippen LogP contribution in [-0.4, -0.2) is 13.0 Å². The Bertz CT molecular complexity index is 1350. The Morgan fingerprint density at radius 3 is 2.59 bits per heavy atom. The molecule has 1 N–H and O–H groups in total. The molecule has 34 heavy (non-hydrogen) atoms. The van der Waals surface area contributed by atoms with E-state index in [0.29, 0.717) is 33.9 Å². The third-order valence-electron chi connectivity index (χ3n) is 5.08. The van der Waals surface area contributed by atoms with Crippen molar-refractivity contribution in [1.29, 1.82) is 10.5 Å². The van der Waals surface area contributed by atoms with Gasteiger partial charge in [0.15, 0.2) is 11.5 Å². The first-order valence-electron chi connectivity index (χ1n) is 10.3. The molecule has 1 amide bonds. The molecule has 0 fully saturated rings. The van der Waals surface area contributed by atoms with Crippen LogP contribution in [0.1, 0.15) is 27.8 Å². The Hall–Kier alpha value is -4.26. The van der Waals surface area contributed by atoms with Gasteiger partial charge in [-0.2, -0.15) is 10.5 Å². The maximum atomic E-state index is 12.7. The highest BCUT2D eigenvalue weighted by molar-refractivity contribution is 6.32. The summed E-state index contributed by atoms with van der Waals surface area (Å²) in [6.45, 7) is 3.92. The molecule has 0 saturated carbocycles. The second kappa shape index (κ2) is 11.0. The molecule has 0 aliphatic rings. The lowest BCUT2D eigenvalue weighted by molar-refractivity contribution is -0.112. The molecule has 3 aromatic rings. The summed E-state index contributed by atoms with van der Waals surface area (Å²) in [4.78, 5) is 12.7. The first kappa shape index (κ1) is 24.4. The summed E-state index contributed by atoms with van der Waals surface area (Å²) in [6, 6.07) is 20.1. The topological polar surface area (TPSA) is 95.1 Å². The Morgan fingerprint density at radius 1 is 1.12 bits per heavy atom. The van der Waals surface area contributed by atoms with Gasteiger partial charge in [0.2, 0.25) is 0 Å². The number of benzene rings is 3. The smallest absolute Gasteiger partial charge is 0.266 e. The van der Waals surface area contributed by atoms with Crippen LogP contribution in [0.4, 0.5) is 5.69 Å². The lowest BCUT2D eigenvalue weighted by atomic mass is 10.1. The molecule has 0 saturated heterocycles. The summed E-state index contributed by atoms with van der Waals surface area (Å²) < 4.78 is 11.3. The number of nitriles is 2. The van der Waals surface area contributed by atoms with E-state index < -0.39 is 5.91 Å². The van der Waals surface area contributed by atoms with Crippen LogP contribution in [0.2, 0.25) is 5.02 Å². The van der Waals surface area contributed by atoms with E-state index in [2.05, 4.69) is 11.4 Å². The van der Waals surface area contributed by atoms with Gasteiger partial charge in [-0.25, -0.2) is 0 Å². The van der Waals surface area contributed by atoms with Gasteiger partial charge >= 0.3 is 0 Å². The number of methoxy groups -OCH3 is 1. The van der Waals surface area contributed by atoms with Gasteiger partial charge in [0.25, 0.3) is 5.91 Å². The number of anilines is 1. The minimum atomic E-state index is -0.528. The van der Waals surface area contributed by atoms with Crippen molar-refractivity contribution in [1.82, 2.24) is 0 Å². The van der Waals surface area contributed by atoms with Crippen LogP contribution in [0, 0.1) is 36.5 Å². The monoisotopic (exact) mass is 471 g/mol. The maximum Gasteiger partial charge on any atom is 0.266 e. The van der Waals surface area contributed by atoms with Crippen LogP contribution in [0.5, 0.6) is 11.5 Å². The number of nitrogens with one attached hydrogen (secondary N) is 1. The van der Waals surface area contributed by atoms with Gasteiger partial charge in [0.05, 0.1) is 23.8 Å². The molecular weight excluding hydrogens is 450 g/mol. The average Bonchev–Trinajstić information content (AvgIpc) is 2.83. The molecule has 0 unspecified atom stereocenters. The van der Waals surface area contributed by atoms with Gasteiger partial charge in [0.1, 0.15) is 18.2 Å². The van der Waals surface area contributed by atoms with Crippen molar-refractivity contribution >= 4 is 29.3 Å². The SMILES string of the molecule is COc1cc(/C=C(\C#N)C(=O)Nc2cc(C)ccc2C)cc(Cl)c1OCc1ccccc1C#N. The largest absolute Gasteiger partial charge is 0.493 e. The zero-order valence-corrected chi connectivity index (χ0v) is 19.7. The Morgan fingerprint density at radius 2 is 1.88 bits per heavy atom. The highest BCUT2D eigenvalue weighted by Crippen LogP contribution is 2.37. The van der Waals surface area contributed by atoms with E-state index in [1.165, 1.54) is 13.2 Å². The molecule has 0 aliphatic carbocycles. The number of rotatable bonds is 7. The van der Waals surface area contributed by atoms with Crippen LogP contribution in [0.15, 0.2) is 60.2 Å². The number of ether oxygens (including phenoxy) is 2. The molecule has 3 rings (SSSR count). The molecule has 0 aliphatic heterocycles. The quantitative estimate of drug-likeness (QED) is 0.338. The second-order valence-corrected chi connectivity index (χ2v) is 7.94. The fourth-order valence-corrected chi connectivity index (χ4v) is 3.52. The lowest BCUT2D eigenvalue weighted by Gasteiger charge is -2.14. The second-order valence-electron chi connectivity index (χ2n) is 7.53. The normalized spacial score (nSPS) is 10.7. The number of nitrogens with zero attached hydrogens (tertiary/aromatic N) is 2. The minimum absolute atomic E-state index is 0.0874. The zero-order valence-electron chi connectivity index (χ0n) is 19.0. The fraction of sp³-hybridized carbons (Fsp3) is 0.148. The molecule has 0 radical (unpaired) electrons. The van der Waals surface area contributed by atoms with Gasteiger partial charge < -0.3 is 14.8 Å². The van der Waals surface area contributed by atoms with Gasteiger partial charge in [-0.05, 0) is 60.9 Å². The molecule has 170 valence electrons.